The van der Waals surface area contributed by atoms with Crippen molar-refractivity contribution in [2.45, 2.75) is 39.7 Å². The summed E-state index contributed by atoms with van der Waals surface area (Å²) >= 11 is 5.92. The second-order valence-electron chi connectivity index (χ2n) is 5.75. The Morgan fingerprint density at radius 3 is 2.58 bits per heavy atom. The van der Waals surface area contributed by atoms with Crippen LogP contribution in [0.1, 0.15) is 31.7 Å². The van der Waals surface area contributed by atoms with Crippen LogP contribution in [-0.2, 0) is 19.4 Å². The van der Waals surface area contributed by atoms with Gasteiger partial charge in [0, 0.05) is 37.6 Å². The maximum Gasteiger partial charge on any atom is 0.191 e. The van der Waals surface area contributed by atoms with Gasteiger partial charge in [0.15, 0.2) is 5.96 Å². The molecule has 0 bridgehead atoms. The monoisotopic (exact) mass is 490 g/mol. The van der Waals surface area contributed by atoms with Gasteiger partial charge in [-0.25, -0.2) is 0 Å². The van der Waals surface area contributed by atoms with E-state index < -0.39 is 0 Å². The van der Waals surface area contributed by atoms with Crippen LogP contribution in [0.25, 0.3) is 0 Å². The fraction of sp³-hybridized carbons (Fsp3) is 0.500. The third-order valence-electron chi connectivity index (χ3n) is 3.77. The molecular weight excluding hydrogens is 463 g/mol. The molecule has 0 atom stereocenters. The molecule has 0 unspecified atom stereocenters. The number of halogens is 2. The van der Waals surface area contributed by atoms with Gasteiger partial charge < -0.3 is 15.2 Å². The molecule has 0 fully saturated rings. The van der Waals surface area contributed by atoms with Crippen LogP contribution in [0.15, 0.2) is 35.6 Å². The molecular formula is C18H28ClIN6. The maximum atomic E-state index is 5.92. The smallest absolute Gasteiger partial charge is 0.191 e. The molecule has 0 spiro atoms. The summed E-state index contributed by atoms with van der Waals surface area (Å²) in [7, 11) is 0. The predicted molar refractivity (Wildman–Crippen MR) is 119 cm³/mol. The quantitative estimate of drug-likeness (QED) is 0.322. The molecule has 0 aliphatic rings. The molecule has 1 heterocycles. The first-order valence-corrected chi connectivity index (χ1v) is 9.24. The lowest BCUT2D eigenvalue weighted by molar-refractivity contribution is 0.631. The zero-order valence-electron chi connectivity index (χ0n) is 15.4. The average molecular weight is 491 g/mol. The first-order valence-electron chi connectivity index (χ1n) is 8.86. The Bertz CT molecular complexity index is 656. The van der Waals surface area contributed by atoms with Gasteiger partial charge in [0.1, 0.15) is 12.2 Å². The van der Waals surface area contributed by atoms with E-state index in [9.17, 15) is 0 Å². The van der Waals surface area contributed by atoms with Gasteiger partial charge in [0.2, 0.25) is 0 Å². The number of nitrogens with one attached hydrogen (secondary N) is 2. The van der Waals surface area contributed by atoms with Gasteiger partial charge >= 0.3 is 0 Å². The predicted octanol–water partition coefficient (Wildman–Crippen LogP) is 3.30. The highest BCUT2D eigenvalue weighted by Crippen LogP contribution is 2.09. The van der Waals surface area contributed by atoms with E-state index in [2.05, 4.69) is 56.4 Å². The van der Waals surface area contributed by atoms with Crippen LogP contribution in [0.2, 0.25) is 5.02 Å². The van der Waals surface area contributed by atoms with E-state index >= 15 is 0 Å². The van der Waals surface area contributed by atoms with Gasteiger partial charge in [-0.05, 0) is 30.5 Å². The maximum absolute atomic E-state index is 5.92. The van der Waals surface area contributed by atoms with Crippen LogP contribution < -0.4 is 10.6 Å². The summed E-state index contributed by atoms with van der Waals surface area (Å²) in [5, 5.41) is 15.6. The zero-order chi connectivity index (χ0) is 17.9. The molecule has 2 rings (SSSR count). The van der Waals surface area contributed by atoms with Gasteiger partial charge in [0.25, 0.3) is 0 Å². The first kappa shape index (κ1) is 22.7. The molecule has 0 saturated carbocycles. The number of guanidine groups is 1. The molecule has 0 amide bonds. The van der Waals surface area contributed by atoms with Crippen molar-refractivity contribution in [2.75, 3.05) is 19.6 Å². The summed E-state index contributed by atoms with van der Waals surface area (Å²) in [6.45, 7) is 7.44. The molecule has 1 aromatic carbocycles. The number of hydrogen-bond acceptors (Lipinski definition) is 3. The van der Waals surface area contributed by atoms with Gasteiger partial charge in [0.05, 0.1) is 0 Å². The van der Waals surface area contributed by atoms with E-state index in [-0.39, 0.29) is 24.0 Å². The highest BCUT2D eigenvalue weighted by molar-refractivity contribution is 14.0. The SMILES string of the molecule is CCCN=C(NCCc1ccc(Cl)cc1)NCCn1cnnc1CC.I. The number of nitrogens with zero attached hydrogens (tertiary/aromatic N) is 4. The van der Waals surface area contributed by atoms with Crippen molar-refractivity contribution in [3.63, 3.8) is 0 Å². The average Bonchev–Trinajstić information content (AvgIpc) is 3.08. The molecule has 8 heteroatoms. The molecule has 144 valence electrons. The molecule has 2 aromatic rings. The number of rotatable bonds is 9. The highest BCUT2D eigenvalue weighted by Gasteiger charge is 2.03. The van der Waals surface area contributed by atoms with Crippen LogP contribution in [0.3, 0.4) is 0 Å². The lowest BCUT2D eigenvalue weighted by atomic mass is 10.1. The van der Waals surface area contributed by atoms with Gasteiger partial charge in [-0.2, -0.15) is 0 Å². The number of aromatic nitrogens is 3. The molecule has 0 aliphatic carbocycles. The van der Waals surface area contributed by atoms with Crippen LogP contribution in [0.4, 0.5) is 0 Å². The number of aliphatic imine (C=N–C) groups is 1. The Labute approximate surface area is 177 Å². The van der Waals surface area contributed by atoms with Crippen LogP contribution >= 0.6 is 35.6 Å². The zero-order valence-corrected chi connectivity index (χ0v) is 18.5. The molecule has 2 N–H and O–H groups in total. The standard InChI is InChI=1S/C18H27ClN6.HI/c1-3-10-20-18(21-11-9-15-5-7-16(19)8-6-15)22-12-13-25-14-23-24-17(25)4-2;/h5-8,14H,3-4,9-13H2,1-2H3,(H2,20,21,22);1H. The van der Waals surface area contributed by atoms with E-state index in [1.165, 1.54) is 5.56 Å². The highest BCUT2D eigenvalue weighted by atomic mass is 127. The van der Waals surface area contributed by atoms with Gasteiger partial charge in [-0.3, -0.25) is 4.99 Å². The summed E-state index contributed by atoms with van der Waals surface area (Å²) in [5.74, 6) is 1.85. The first-order chi connectivity index (χ1) is 12.2. The minimum atomic E-state index is 0. The Balaban J connectivity index is 0.00000338. The van der Waals surface area contributed by atoms with Crippen molar-refractivity contribution in [1.82, 2.24) is 25.4 Å². The summed E-state index contributed by atoms with van der Waals surface area (Å²) < 4.78 is 2.07. The van der Waals surface area contributed by atoms with E-state index in [0.717, 1.165) is 62.2 Å². The van der Waals surface area contributed by atoms with Crippen molar-refractivity contribution in [3.8, 4) is 0 Å². The lowest BCUT2D eigenvalue weighted by Crippen LogP contribution is -2.40. The third kappa shape index (κ3) is 7.90. The van der Waals surface area contributed by atoms with Crippen LogP contribution in [0, 0.1) is 0 Å². The Hall–Kier alpha value is -1.35. The van der Waals surface area contributed by atoms with Gasteiger partial charge in [-0.1, -0.05) is 37.6 Å². The number of hydrogen-bond donors (Lipinski definition) is 2. The van der Waals surface area contributed by atoms with Crippen LogP contribution in [-0.4, -0.2) is 40.4 Å². The Morgan fingerprint density at radius 2 is 1.88 bits per heavy atom. The van der Waals surface area contributed by atoms with Crippen molar-refractivity contribution >= 4 is 41.5 Å². The lowest BCUT2D eigenvalue weighted by Gasteiger charge is -2.13. The van der Waals surface area contributed by atoms with E-state index in [1.54, 1.807) is 6.33 Å². The molecule has 0 aliphatic heterocycles. The molecule has 0 radical (unpaired) electrons. The fourth-order valence-electron chi connectivity index (χ4n) is 2.41. The minimum absolute atomic E-state index is 0. The fourth-order valence-corrected chi connectivity index (χ4v) is 2.53. The summed E-state index contributed by atoms with van der Waals surface area (Å²) in [4.78, 5) is 4.58. The van der Waals surface area contributed by atoms with Gasteiger partial charge in [-0.15, -0.1) is 34.2 Å². The number of aryl methyl sites for hydroxylation is 1. The van der Waals surface area contributed by atoms with Crippen molar-refractivity contribution in [1.29, 1.82) is 0 Å². The summed E-state index contributed by atoms with van der Waals surface area (Å²) in [5.41, 5.74) is 1.25. The largest absolute Gasteiger partial charge is 0.356 e. The van der Waals surface area contributed by atoms with E-state index in [0.29, 0.717) is 0 Å². The number of benzene rings is 1. The molecule has 26 heavy (non-hydrogen) atoms. The van der Waals surface area contributed by atoms with Crippen molar-refractivity contribution in [3.05, 3.63) is 47.0 Å². The normalized spacial score (nSPS) is 11.1. The summed E-state index contributed by atoms with van der Waals surface area (Å²) in [6, 6.07) is 7.95. The molecule has 6 nitrogen and oxygen atoms in total. The minimum Gasteiger partial charge on any atom is -0.356 e. The summed E-state index contributed by atoms with van der Waals surface area (Å²) in [6.07, 6.45) is 4.61. The van der Waals surface area contributed by atoms with Crippen molar-refractivity contribution in [2.24, 2.45) is 4.99 Å². The Morgan fingerprint density at radius 1 is 1.15 bits per heavy atom. The second-order valence-corrected chi connectivity index (χ2v) is 6.19. The molecule has 0 saturated heterocycles. The third-order valence-corrected chi connectivity index (χ3v) is 4.02. The van der Waals surface area contributed by atoms with Crippen molar-refractivity contribution < 1.29 is 0 Å². The Kier molecular flexibility index (Phi) is 11.3. The topological polar surface area (TPSA) is 67.1 Å². The molecule has 1 aromatic heterocycles. The van der Waals surface area contributed by atoms with E-state index in [1.807, 2.05) is 12.1 Å². The van der Waals surface area contributed by atoms with E-state index in [4.69, 9.17) is 11.6 Å². The van der Waals surface area contributed by atoms with Crippen LogP contribution in [0.5, 0.6) is 0 Å². The second kappa shape index (κ2) is 12.9.